The summed E-state index contributed by atoms with van der Waals surface area (Å²) in [6, 6.07) is 6.80. The summed E-state index contributed by atoms with van der Waals surface area (Å²) in [6.07, 6.45) is 4.15. The standard InChI is InChI=1S/C12H18.C6H14.C4H9N.4C2H6.CH4N2/c1-9(2)5-12-7-10(3)6-11(4)8-12;1-5-6(2,3)4;1-3-5-4-2;4*1-2;1-3-2/h6-9H,5H2,1-4H3;5H2,1-4H3;3,5H,1,4H2,2H3;4*1-2H3;1-2H2. The summed E-state index contributed by atoms with van der Waals surface area (Å²) in [5, 5.41) is 5.62. The zero-order chi connectivity index (χ0) is 29.2. The minimum Gasteiger partial charge on any atom is -0.392 e. The fraction of sp³-hybridized carbons (Fsp3) is 0.710. The highest BCUT2D eigenvalue weighted by Crippen LogP contribution is 2.16. The zero-order valence-electron chi connectivity index (χ0n) is 26.9. The fourth-order valence-corrected chi connectivity index (χ4v) is 1.80. The summed E-state index contributed by atoms with van der Waals surface area (Å²) in [5.41, 5.74) is 4.78. The first kappa shape index (κ1) is 49.4. The first-order valence-corrected chi connectivity index (χ1v) is 13.5. The van der Waals surface area contributed by atoms with Crippen molar-refractivity contribution in [1.29, 1.82) is 0 Å². The van der Waals surface area contributed by atoms with Gasteiger partial charge in [-0.15, -0.1) is 0 Å². The predicted octanol–water partition coefficient (Wildman–Crippen LogP) is 10.3. The molecule has 0 aromatic heterocycles. The molecular weight excluding hydrogens is 414 g/mol. The molecule has 3 nitrogen and oxygen atoms in total. The van der Waals surface area contributed by atoms with Crippen molar-refractivity contribution in [3.63, 3.8) is 0 Å². The molecule has 0 saturated heterocycles. The van der Waals surface area contributed by atoms with Gasteiger partial charge in [0.25, 0.3) is 0 Å². The maximum Gasteiger partial charge on any atom is 0.0112 e. The molecule has 1 rings (SSSR count). The quantitative estimate of drug-likeness (QED) is 0.254. The van der Waals surface area contributed by atoms with Crippen LogP contribution in [0.5, 0.6) is 0 Å². The third-order valence-electron chi connectivity index (χ3n) is 3.33. The lowest BCUT2D eigenvalue weighted by Gasteiger charge is -2.12. The molecule has 0 atom stereocenters. The summed E-state index contributed by atoms with van der Waals surface area (Å²) in [6.45, 7) is 43.1. The number of nitrogens with zero attached hydrogens (tertiary/aromatic N) is 1. The first-order valence-electron chi connectivity index (χ1n) is 13.5. The predicted molar refractivity (Wildman–Crippen MR) is 167 cm³/mol. The Morgan fingerprint density at radius 2 is 1.18 bits per heavy atom. The lowest BCUT2D eigenvalue weighted by molar-refractivity contribution is 0.398. The van der Waals surface area contributed by atoms with Gasteiger partial charge in [0.05, 0.1) is 0 Å². The molecule has 3 N–H and O–H groups in total. The molecule has 0 saturated carbocycles. The molecule has 0 aliphatic carbocycles. The monoisotopic (exact) mass is 484 g/mol. The van der Waals surface area contributed by atoms with E-state index in [0.717, 1.165) is 12.5 Å². The average Bonchev–Trinajstić information content (AvgIpc) is 2.80. The minimum atomic E-state index is 0.542. The molecule has 0 amide bonds. The van der Waals surface area contributed by atoms with Gasteiger partial charge in [-0.05, 0) is 50.3 Å². The maximum atomic E-state index is 4.36. The number of hydrazone groups is 1. The summed E-state index contributed by atoms with van der Waals surface area (Å²) in [7, 11) is 0. The van der Waals surface area contributed by atoms with E-state index in [9.17, 15) is 0 Å². The van der Waals surface area contributed by atoms with Crippen LogP contribution in [0.4, 0.5) is 0 Å². The lowest BCUT2D eigenvalue weighted by atomic mass is 9.94. The Morgan fingerprint density at radius 3 is 1.32 bits per heavy atom. The first-order chi connectivity index (χ1) is 16.0. The van der Waals surface area contributed by atoms with Crippen molar-refractivity contribution in [2.75, 3.05) is 6.54 Å². The van der Waals surface area contributed by atoms with E-state index in [2.05, 4.69) is 103 Å². The molecule has 0 spiro atoms. The van der Waals surface area contributed by atoms with Crippen LogP contribution in [0.25, 0.3) is 0 Å². The third-order valence-corrected chi connectivity index (χ3v) is 3.33. The summed E-state index contributed by atoms with van der Waals surface area (Å²) >= 11 is 0. The van der Waals surface area contributed by atoms with Crippen LogP contribution in [0, 0.1) is 25.2 Å². The second-order valence-corrected chi connectivity index (χ2v) is 7.95. The van der Waals surface area contributed by atoms with Crippen LogP contribution >= 0.6 is 0 Å². The van der Waals surface area contributed by atoms with Crippen LogP contribution in [0.1, 0.15) is 127 Å². The van der Waals surface area contributed by atoms with Crippen molar-refractivity contribution in [3.05, 3.63) is 47.7 Å². The molecule has 0 fully saturated rings. The van der Waals surface area contributed by atoms with E-state index in [1.807, 2.05) is 62.3 Å². The van der Waals surface area contributed by atoms with Gasteiger partial charge in [-0.1, -0.05) is 139 Å². The maximum absolute atomic E-state index is 4.36. The molecule has 0 unspecified atom stereocenters. The molecule has 1 aromatic carbocycles. The Balaban J connectivity index is -0.0000000568. The summed E-state index contributed by atoms with van der Waals surface area (Å²) in [5.74, 6) is 5.12. The lowest BCUT2D eigenvalue weighted by Crippen LogP contribution is -2.00. The van der Waals surface area contributed by atoms with E-state index in [0.29, 0.717) is 5.41 Å². The SMILES string of the molecule is C=CNCC.C=NN.CC.CC.CC.CC.CCC(C)(C)C.Cc1cc(C)cc(CC(C)C)c1. The molecule has 34 heavy (non-hydrogen) atoms. The fourth-order valence-electron chi connectivity index (χ4n) is 1.80. The Kier molecular flexibility index (Phi) is 65.1. The van der Waals surface area contributed by atoms with Gasteiger partial charge in [-0.25, -0.2) is 0 Å². The van der Waals surface area contributed by atoms with Crippen LogP contribution in [-0.4, -0.2) is 13.3 Å². The normalized spacial score (nSPS) is 7.94. The van der Waals surface area contributed by atoms with Gasteiger partial charge in [0, 0.05) is 13.3 Å². The molecule has 0 heterocycles. The smallest absolute Gasteiger partial charge is 0.0112 e. The zero-order valence-corrected chi connectivity index (χ0v) is 26.9. The topological polar surface area (TPSA) is 50.4 Å². The number of rotatable bonds is 4. The van der Waals surface area contributed by atoms with Gasteiger partial charge in [0.1, 0.15) is 0 Å². The van der Waals surface area contributed by atoms with Gasteiger partial charge in [0.2, 0.25) is 0 Å². The third kappa shape index (κ3) is 69.8. The average molecular weight is 484 g/mol. The molecule has 0 aliphatic rings. The van der Waals surface area contributed by atoms with E-state index in [-0.39, 0.29) is 0 Å². The Morgan fingerprint density at radius 1 is 0.882 bits per heavy atom. The van der Waals surface area contributed by atoms with Crippen molar-refractivity contribution >= 4 is 6.72 Å². The molecule has 1 aromatic rings. The van der Waals surface area contributed by atoms with Crippen LogP contribution in [-0.2, 0) is 6.42 Å². The van der Waals surface area contributed by atoms with Crippen molar-refractivity contribution in [2.24, 2.45) is 22.3 Å². The summed E-state index contributed by atoms with van der Waals surface area (Å²) in [4.78, 5) is 0. The van der Waals surface area contributed by atoms with Gasteiger partial charge in [-0.2, -0.15) is 5.10 Å². The van der Waals surface area contributed by atoms with Crippen molar-refractivity contribution < 1.29 is 0 Å². The van der Waals surface area contributed by atoms with Crippen LogP contribution in [0.3, 0.4) is 0 Å². The van der Waals surface area contributed by atoms with E-state index in [4.69, 9.17) is 0 Å². The molecule has 208 valence electrons. The molecule has 3 heteroatoms. The van der Waals surface area contributed by atoms with E-state index in [1.54, 1.807) is 6.20 Å². The number of nitrogens with one attached hydrogen (secondary N) is 1. The van der Waals surface area contributed by atoms with E-state index in [1.165, 1.54) is 29.5 Å². The van der Waals surface area contributed by atoms with E-state index >= 15 is 0 Å². The van der Waals surface area contributed by atoms with Crippen molar-refractivity contribution in [2.45, 2.75) is 131 Å². The van der Waals surface area contributed by atoms with Crippen LogP contribution in [0.2, 0.25) is 0 Å². The second kappa shape index (κ2) is 44.8. The molecule has 0 radical (unpaired) electrons. The molecule has 0 bridgehead atoms. The number of benzene rings is 1. The Bertz CT molecular complexity index is 438. The summed E-state index contributed by atoms with van der Waals surface area (Å²) < 4.78 is 0. The van der Waals surface area contributed by atoms with Gasteiger partial charge >= 0.3 is 0 Å². The highest BCUT2D eigenvalue weighted by Gasteiger charge is 2.03. The highest BCUT2D eigenvalue weighted by atomic mass is 15.1. The molecular formula is C31H69N3. The van der Waals surface area contributed by atoms with Gasteiger partial charge in [0.15, 0.2) is 0 Å². The van der Waals surface area contributed by atoms with Gasteiger partial charge in [-0.3, -0.25) is 0 Å². The number of aryl methyl sites for hydroxylation is 2. The largest absolute Gasteiger partial charge is 0.392 e. The van der Waals surface area contributed by atoms with Gasteiger partial charge < -0.3 is 11.2 Å². The molecule has 0 aliphatic heterocycles. The van der Waals surface area contributed by atoms with Crippen LogP contribution in [0.15, 0.2) is 36.1 Å². The van der Waals surface area contributed by atoms with Crippen molar-refractivity contribution in [1.82, 2.24) is 5.32 Å². The number of hydrogen-bond donors (Lipinski definition) is 2. The van der Waals surface area contributed by atoms with E-state index < -0.39 is 0 Å². The second-order valence-electron chi connectivity index (χ2n) is 7.95. The van der Waals surface area contributed by atoms with Crippen molar-refractivity contribution in [3.8, 4) is 0 Å². The van der Waals surface area contributed by atoms with Crippen LogP contribution < -0.4 is 11.2 Å². The number of nitrogens with two attached hydrogens (primary N) is 1. The Labute approximate surface area is 219 Å². The Hall–Kier alpha value is -1.77. The number of hydrogen-bond acceptors (Lipinski definition) is 3. The highest BCUT2D eigenvalue weighted by molar-refractivity contribution is 5.28. The minimum absolute atomic E-state index is 0.542.